The third kappa shape index (κ3) is 4.03. The molecule has 1 N–H and O–H groups in total. The van der Waals surface area contributed by atoms with E-state index in [-0.39, 0.29) is 5.92 Å². The summed E-state index contributed by atoms with van der Waals surface area (Å²) in [5.41, 5.74) is 6.00. The molecule has 0 bridgehead atoms. The Balaban J connectivity index is 1.56. The van der Waals surface area contributed by atoms with Crippen molar-refractivity contribution in [1.82, 2.24) is 4.90 Å². The maximum atomic E-state index is 6.48. The fourth-order valence-corrected chi connectivity index (χ4v) is 5.06. The normalized spacial score (nSPS) is 20.5. The van der Waals surface area contributed by atoms with Crippen molar-refractivity contribution in [2.45, 2.75) is 38.1 Å². The lowest BCUT2D eigenvalue weighted by atomic mass is 9.84. The van der Waals surface area contributed by atoms with Crippen molar-refractivity contribution >= 4 is 28.9 Å². The molecule has 2 aliphatic rings. The Labute approximate surface area is 172 Å². The zero-order chi connectivity index (χ0) is 19.0. The molecule has 1 saturated carbocycles. The van der Waals surface area contributed by atoms with Crippen LogP contribution in [0.1, 0.15) is 48.3 Å². The van der Waals surface area contributed by atoms with Crippen molar-refractivity contribution < 1.29 is 0 Å². The van der Waals surface area contributed by atoms with Crippen LogP contribution in [0, 0.1) is 5.92 Å². The molecule has 1 unspecified atom stereocenters. The Morgan fingerprint density at radius 2 is 1.81 bits per heavy atom. The van der Waals surface area contributed by atoms with Crippen molar-refractivity contribution in [2.24, 2.45) is 5.92 Å². The molecule has 1 atom stereocenters. The largest absolute Gasteiger partial charge is 0.359 e. The highest BCUT2D eigenvalue weighted by Crippen LogP contribution is 2.39. The number of likely N-dealkylation sites (N-methyl/N-ethyl adjacent to an activating group) is 1. The molecule has 142 valence electrons. The smallest absolute Gasteiger partial charge is 0.0468 e. The highest BCUT2D eigenvalue weighted by Gasteiger charge is 2.27. The monoisotopic (exact) mass is 400 g/mol. The van der Waals surface area contributed by atoms with Crippen molar-refractivity contribution in [3.63, 3.8) is 0 Å². The van der Waals surface area contributed by atoms with E-state index < -0.39 is 0 Å². The lowest BCUT2D eigenvalue weighted by molar-refractivity contribution is 0.295. The first-order valence-corrected chi connectivity index (χ1v) is 10.5. The first kappa shape index (κ1) is 18.9. The molecule has 1 aliphatic heterocycles. The summed E-state index contributed by atoms with van der Waals surface area (Å²) in [7, 11) is 2.14. The number of hydrogen-bond donors (Lipinski definition) is 1. The van der Waals surface area contributed by atoms with Crippen molar-refractivity contribution in [1.29, 1.82) is 0 Å². The van der Waals surface area contributed by atoms with Crippen LogP contribution in [0.25, 0.3) is 0 Å². The van der Waals surface area contributed by atoms with Gasteiger partial charge in [-0.05, 0) is 66.8 Å². The first-order chi connectivity index (χ1) is 13.0. The van der Waals surface area contributed by atoms with Crippen LogP contribution < -0.4 is 5.32 Å². The minimum atomic E-state index is 0.280. The van der Waals surface area contributed by atoms with Gasteiger partial charge in [-0.1, -0.05) is 54.8 Å². The molecule has 1 fully saturated rings. The number of benzene rings is 2. The van der Waals surface area contributed by atoms with Gasteiger partial charge in [-0.25, -0.2) is 0 Å². The van der Waals surface area contributed by atoms with E-state index in [2.05, 4.69) is 54.2 Å². The first-order valence-electron chi connectivity index (χ1n) is 9.73. The van der Waals surface area contributed by atoms with E-state index in [0.29, 0.717) is 10.9 Å². The number of nitrogens with zero attached hydrogens (tertiary/aromatic N) is 1. The molecule has 2 aromatic carbocycles. The minimum Gasteiger partial charge on any atom is -0.359 e. The van der Waals surface area contributed by atoms with Gasteiger partial charge < -0.3 is 10.2 Å². The molecule has 0 amide bonds. The van der Waals surface area contributed by atoms with Gasteiger partial charge in [-0.15, -0.1) is 0 Å². The van der Waals surface area contributed by atoms with E-state index in [0.717, 1.165) is 29.5 Å². The summed E-state index contributed by atoms with van der Waals surface area (Å²) in [5.74, 6) is 0.898. The molecule has 0 saturated heterocycles. The fourth-order valence-electron chi connectivity index (χ4n) is 4.49. The number of nitrogens with one attached hydrogen (secondary N) is 1. The van der Waals surface area contributed by atoms with Crippen LogP contribution in [0.5, 0.6) is 0 Å². The Morgan fingerprint density at radius 3 is 2.52 bits per heavy atom. The molecule has 2 aromatic rings. The Bertz CT molecular complexity index is 838. The summed E-state index contributed by atoms with van der Waals surface area (Å²) >= 11 is 12.8. The number of halogens is 2. The van der Waals surface area contributed by atoms with Crippen molar-refractivity contribution in [3.8, 4) is 0 Å². The molecule has 27 heavy (non-hydrogen) atoms. The van der Waals surface area contributed by atoms with Gasteiger partial charge in [0.15, 0.2) is 0 Å². The molecule has 0 aromatic heterocycles. The van der Waals surface area contributed by atoms with Crippen molar-refractivity contribution in [2.75, 3.05) is 18.9 Å². The summed E-state index contributed by atoms with van der Waals surface area (Å²) in [6.07, 6.45) is 5.17. The molecule has 0 radical (unpaired) electrons. The number of fused-ring (bicyclic) bond motifs is 1. The highest BCUT2D eigenvalue weighted by molar-refractivity contribution is 6.35. The minimum absolute atomic E-state index is 0.280. The summed E-state index contributed by atoms with van der Waals surface area (Å²) in [6.45, 7) is 6.08. The Kier molecular flexibility index (Phi) is 5.50. The van der Waals surface area contributed by atoms with Gasteiger partial charge in [-0.2, -0.15) is 0 Å². The van der Waals surface area contributed by atoms with E-state index in [9.17, 15) is 0 Å². The van der Waals surface area contributed by atoms with Crippen LogP contribution in [-0.4, -0.2) is 18.5 Å². The van der Waals surface area contributed by atoms with Crippen LogP contribution in [0.15, 0.2) is 48.7 Å². The maximum Gasteiger partial charge on any atom is 0.0468 e. The van der Waals surface area contributed by atoms with E-state index in [1.165, 1.54) is 42.4 Å². The lowest BCUT2D eigenvalue weighted by Crippen LogP contribution is -2.31. The van der Waals surface area contributed by atoms with E-state index in [1.54, 1.807) is 0 Å². The summed E-state index contributed by atoms with van der Waals surface area (Å²) in [5, 5.41) is 4.98. The van der Waals surface area contributed by atoms with Crippen LogP contribution in [0.2, 0.25) is 10.0 Å². The number of allylic oxidation sites excluding steroid dienone is 1. The van der Waals surface area contributed by atoms with Gasteiger partial charge in [0.25, 0.3) is 0 Å². The highest BCUT2D eigenvalue weighted by atomic mass is 35.5. The predicted molar refractivity (Wildman–Crippen MR) is 116 cm³/mol. The average Bonchev–Trinajstić information content (AvgIpc) is 3.17. The third-order valence-electron chi connectivity index (χ3n) is 5.96. The molecule has 1 aliphatic carbocycles. The van der Waals surface area contributed by atoms with Crippen LogP contribution in [0.4, 0.5) is 5.69 Å². The van der Waals surface area contributed by atoms with Gasteiger partial charge in [0.1, 0.15) is 0 Å². The zero-order valence-electron chi connectivity index (χ0n) is 15.8. The van der Waals surface area contributed by atoms with Gasteiger partial charge in [0.05, 0.1) is 0 Å². The van der Waals surface area contributed by atoms with Gasteiger partial charge in [0, 0.05) is 40.4 Å². The van der Waals surface area contributed by atoms with E-state index in [4.69, 9.17) is 23.2 Å². The lowest BCUT2D eigenvalue weighted by Gasteiger charge is -2.33. The fraction of sp³-hybridized carbons (Fsp3) is 0.391. The SMILES string of the molecule is C=C(Nc1ccc(C2CN(C)Cc3c(Cl)cc(Cl)cc32)cc1)C1CCCC1. The Morgan fingerprint density at radius 1 is 1.11 bits per heavy atom. The predicted octanol–water partition coefficient (Wildman–Crippen LogP) is 6.69. The van der Waals surface area contributed by atoms with Crippen LogP contribution in [-0.2, 0) is 6.54 Å². The molecule has 0 spiro atoms. The number of hydrogen-bond acceptors (Lipinski definition) is 2. The van der Waals surface area contributed by atoms with Gasteiger partial charge >= 0.3 is 0 Å². The summed E-state index contributed by atoms with van der Waals surface area (Å²) in [4.78, 5) is 2.32. The molecule has 1 heterocycles. The molecule has 4 rings (SSSR count). The standard InChI is InChI=1S/C23H26Cl2N2/c1-15(16-5-3-4-6-16)26-19-9-7-17(8-10-19)21-13-27(2)14-22-20(21)11-18(24)12-23(22)25/h7-12,16,21,26H,1,3-6,13-14H2,2H3. The quantitative estimate of drug-likeness (QED) is 0.614. The summed E-state index contributed by atoms with van der Waals surface area (Å²) in [6, 6.07) is 12.7. The number of rotatable bonds is 4. The Hall–Kier alpha value is -1.48. The van der Waals surface area contributed by atoms with E-state index in [1.807, 2.05) is 6.07 Å². The van der Waals surface area contributed by atoms with E-state index >= 15 is 0 Å². The summed E-state index contributed by atoms with van der Waals surface area (Å²) < 4.78 is 0. The molecule has 4 heteroatoms. The maximum absolute atomic E-state index is 6.48. The zero-order valence-corrected chi connectivity index (χ0v) is 17.3. The van der Waals surface area contributed by atoms with Gasteiger partial charge in [0.2, 0.25) is 0 Å². The topological polar surface area (TPSA) is 15.3 Å². The second-order valence-corrected chi connectivity index (χ2v) is 8.80. The average molecular weight is 401 g/mol. The van der Waals surface area contributed by atoms with Crippen molar-refractivity contribution in [3.05, 3.63) is 75.4 Å². The molecular formula is C23H26Cl2N2. The van der Waals surface area contributed by atoms with Crippen LogP contribution >= 0.6 is 23.2 Å². The number of anilines is 1. The molecular weight excluding hydrogens is 375 g/mol. The van der Waals surface area contributed by atoms with Gasteiger partial charge in [-0.3, -0.25) is 0 Å². The second kappa shape index (κ2) is 7.87. The molecule has 2 nitrogen and oxygen atoms in total. The third-order valence-corrected chi connectivity index (χ3v) is 6.51. The van der Waals surface area contributed by atoms with Crippen LogP contribution in [0.3, 0.4) is 0 Å². The second-order valence-electron chi connectivity index (χ2n) is 7.96.